The SMILES string of the molecule is CCCCc1ccc(CCCC(=O)CCC)cc1. The van der Waals surface area contributed by atoms with Gasteiger partial charge < -0.3 is 0 Å². The molecule has 1 aromatic carbocycles. The Kier molecular flexibility index (Phi) is 7.40. The summed E-state index contributed by atoms with van der Waals surface area (Å²) < 4.78 is 0. The summed E-state index contributed by atoms with van der Waals surface area (Å²) in [5, 5.41) is 0. The van der Waals surface area contributed by atoms with Gasteiger partial charge in [0.15, 0.2) is 0 Å². The normalized spacial score (nSPS) is 10.6. The monoisotopic (exact) mass is 246 g/mol. The number of ketones is 1. The predicted octanol–water partition coefficient (Wildman–Crippen LogP) is 4.72. The molecule has 0 fully saturated rings. The Balaban J connectivity index is 2.28. The molecular weight excluding hydrogens is 220 g/mol. The third-order valence-electron chi connectivity index (χ3n) is 3.29. The lowest BCUT2D eigenvalue weighted by Crippen LogP contribution is -1.98. The van der Waals surface area contributed by atoms with E-state index in [0.717, 1.165) is 32.1 Å². The molecule has 0 heterocycles. The van der Waals surface area contributed by atoms with Crippen LogP contribution in [0.2, 0.25) is 0 Å². The van der Waals surface area contributed by atoms with Gasteiger partial charge in [-0.05, 0) is 43.2 Å². The molecule has 0 aliphatic rings. The van der Waals surface area contributed by atoms with E-state index < -0.39 is 0 Å². The smallest absolute Gasteiger partial charge is 0.132 e. The lowest BCUT2D eigenvalue weighted by molar-refractivity contribution is -0.119. The highest BCUT2D eigenvalue weighted by molar-refractivity contribution is 5.78. The molecular formula is C17H26O. The van der Waals surface area contributed by atoms with Crippen LogP contribution in [-0.2, 0) is 17.6 Å². The van der Waals surface area contributed by atoms with Gasteiger partial charge in [0.2, 0.25) is 0 Å². The first-order valence-corrected chi connectivity index (χ1v) is 7.35. The highest BCUT2D eigenvalue weighted by atomic mass is 16.1. The summed E-state index contributed by atoms with van der Waals surface area (Å²) >= 11 is 0. The largest absolute Gasteiger partial charge is 0.300 e. The summed E-state index contributed by atoms with van der Waals surface area (Å²) in [6.45, 7) is 4.29. The van der Waals surface area contributed by atoms with Crippen molar-refractivity contribution in [3.05, 3.63) is 35.4 Å². The van der Waals surface area contributed by atoms with Crippen molar-refractivity contribution in [3.8, 4) is 0 Å². The minimum absolute atomic E-state index is 0.414. The molecule has 0 aliphatic heterocycles. The van der Waals surface area contributed by atoms with E-state index in [4.69, 9.17) is 0 Å². The number of carbonyl (C=O) groups is 1. The van der Waals surface area contributed by atoms with Gasteiger partial charge >= 0.3 is 0 Å². The highest BCUT2D eigenvalue weighted by Crippen LogP contribution is 2.11. The first-order chi connectivity index (χ1) is 8.76. The molecule has 0 radical (unpaired) electrons. The van der Waals surface area contributed by atoms with E-state index in [1.54, 1.807) is 0 Å². The summed E-state index contributed by atoms with van der Waals surface area (Å²) in [4.78, 5) is 11.4. The van der Waals surface area contributed by atoms with E-state index in [0.29, 0.717) is 5.78 Å². The second-order valence-corrected chi connectivity index (χ2v) is 5.06. The Morgan fingerprint density at radius 2 is 1.39 bits per heavy atom. The maximum absolute atomic E-state index is 11.4. The molecule has 0 spiro atoms. The van der Waals surface area contributed by atoms with E-state index in [1.807, 2.05) is 0 Å². The number of carbonyl (C=O) groups excluding carboxylic acids is 1. The van der Waals surface area contributed by atoms with E-state index in [9.17, 15) is 4.79 Å². The minimum Gasteiger partial charge on any atom is -0.300 e. The fourth-order valence-corrected chi connectivity index (χ4v) is 2.15. The molecule has 1 aromatic rings. The fourth-order valence-electron chi connectivity index (χ4n) is 2.15. The molecule has 0 unspecified atom stereocenters. The van der Waals surface area contributed by atoms with E-state index >= 15 is 0 Å². The number of hydrogen-bond donors (Lipinski definition) is 0. The first kappa shape index (κ1) is 14.9. The van der Waals surface area contributed by atoms with Crippen LogP contribution in [0, 0.1) is 0 Å². The average Bonchev–Trinajstić information content (AvgIpc) is 2.38. The van der Waals surface area contributed by atoms with Crippen molar-refractivity contribution in [2.75, 3.05) is 0 Å². The first-order valence-electron chi connectivity index (χ1n) is 7.35. The Bertz CT molecular complexity index is 337. The lowest BCUT2D eigenvalue weighted by atomic mass is 10.0. The number of unbranched alkanes of at least 4 members (excludes halogenated alkanes) is 1. The molecule has 0 aromatic heterocycles. The number of benzene rings is 1. The van der Waals surface area contributed by atoms with Crippen molar-refractivity contribution in [3.63, 3.8) is 0 Å². The number of Topliss-reactive ketones (excluding diaryl/α,β-unsaturated/α-hetero) is 1. The number of aryl methyl sites for hydroxylation is 2. The van der Waals surface area contributed by atoms with Gasteiger partial charge in [-0.2, -0.15) is 0 Å². The molecule has 0 aliphatic carbocycles. The summed E-state index contributed by atoms with van der Waals surface area (Å²) in [5.74, 6) is 0.414. The molecule has 18 heavy (non-hydrogen) atoms. The number of hydrogen-bond acceptors (Lipinski definition) is 1. The molecule has 100 valence electrons. The van der Waals surface area contributed by atoms with Gasteiger partial charge in [-0.1, -0.05) is 44.5 Å². The van der Waals surface area contributed by atoms with Gasteiger partial charge in [0.05, 0.1) is 0 Å². The average molecular weight is 246 g/mol. The van der Waals surface area contributed by atoms with E-state index in [-0.39, 0.29) is 0 Å². The van der Waals surface area contributed by atoms with Gasteiger partial charge in [-0.15, -0.1) is 0 Å². The third-order valence-corrected chi connectivity index (χ3v) is 3.29. The maximum atomic E-state index is 11.4. The molecule has 0 bridgehead atoms. The second kappa shape index (κ2) is 8.91. The van der Waals surface area contributed by atoms with Crippen molar-refractivity contribution < 1.29 is 4.79 Å². The lowest BCUT2D eigenvalue weighted by Gasteiger charge is -2.04. The molecule has 0 saturated heterocycles. The standard InChI is InChI=1S/C17H26O/c1-3-5-8-15-11-13-16(14-12-15)9-6-10-17(18)7-4-2/h11-14H,3-10H2,1-2H3. The number of rotatable bonds is 9. The van der Waals surface area contributed by atoms with Crippen molar-refractivity contribution >= 4 is 5.78 Å². The van der Waals surface area contributed by atoms with Crippen molar-refractivity contribution in [1.29, 1.82) is 0 Å². The van der Waals surface area contributed by atoms with E-state index in [1.165, 1.54) is 30.4 Å². The van der Waals surface area contributed by atoms with Crippen LogP contribution in [0.1, 0.15) is 63.5 Å². The summed E-state index contributed by atoms with van der Waals surface area (Å²) in [6, 6.07) is 8.91. The van der Waals surface area contributed by atoms with Crippen LogP contribution in [0.15, 0.2) is 24.3 Å². The zero-order valence-corrected chi connectivity index (χ0v) is 11.9. The van der Waals surface area contributed by atoms with Crippen LogP contribution in [0.3, 0.4) is 0 Å². The molecule has 1 rings (SSSR count). The second-order valence-electron chi connectivity index (χ2n) is 5.06. The molecule has 1 heteroatoms. The van der Waals surface area contributed by atoms with Crippen molar-refractivity contribution in [2.24, 2.45) is 0 Å². The zero-order chi connectivity index (χ0) is 13.2. The van der Waals surface area contributed by atoms with Crippen LogP contribution in [0.5, 0.6) is 0 Å². The van der Waals surface area contributed by atoms with Gasteiger partial charge in [0.25, 0.3) is 0 Å². The molecule has 1 nitrogen and oxygen atoms in total. The van der Waals surface area contributed by atoms with Crippen LogP contribution in [-0.4, -0.2) is 5.78 Å². The topological polar surface area (TPSA) is 17.1 Å². The van der Waals surface area contributed by atoms with Crippen molar-refractivity contribution in [2.45, 2.75) is 65.2 Å². The molecule has 0 N–H and O–H groups in total. The van der Waals surface area contributed by atoms with E-state index in [2.05, 4.69) is 38.1 Å². The quantitative estimate of drug-likeness (QED) is 0.616. The Morgan fingerprint density at radius 1 is 0.833 bits per heavy atom. The van der Waals surface area contributed by atoms with Gasteiger partial charge in [-0.25, -0.2) is 0 Å². The van der Waals surface area contributed by atoms with Crippen LogP contribution in [0.4, 0.5) is 0 Å². The molecule has 0 atom stereocenters. The Hall–Kier alpha value is -1.11. The molecule has 0 saturated carbocycles. The minimum atomic E-state index is 0.414. The van der Waals surface area contributed by atoms with Crippen LogP contribution in [0.25, 0.3) is 0 Å². The summed E-state index contributed by atoms with van der Waals surface area (Å²) in [7, 11) is 0. The third kappa shape index (κ3) is 6.00. The summed E-state index contributed by atoms with van der Waals surface area (Å²) in [5.41, 5.74) is 2.79. The predicted molar refractivity (Wildman–Crippen MR) is 77.9 cm³/mol. The Morgan fingerprint density at radius 3 is 1.89 bits per heavy atom. The van der Waals surface area contributed by atoms with Gasteiger partial charge in [0, 0.05) is 12.8 Å². The fraction of sp³-hybridized carbons (Fsp3) is 0.588. The summed E-state index contributed by atoms with van der Waals surface area (Å²) in [6.07, 6.45) is 8.20. The molecule has 0 amide bonds. The maximum Gasteiger partial charge on any atom is 0.132 e. The Labute approximate surface area is 112 Å². The van der Waals surface area contributed by atoms with Crippen LogP contribution < -0.4 is 0 Å². The van der Waals surface area contributed by atoms with Gasteiger partial charge in [0.1, 0.15) is 5.78 Å². The van der Waals surface area contributed by atoms with Crippen LogP contribution >= 0.6 is 0 Å². The van der Waals surface area contributed by atoms with Crippen molar-refractivity contribution in [1.82, 2.24) is 0 Å². The highest BCUT2D eigenvalue weighted by Gasteiger charge is 2.01. The zero-order valence-electron chi connectivity index (χ0n) is 11.9. The van der Waals surface area contributed by atoms with Gasteiger partial charge in [-0.3, -0.25) is 4.79 Å².